The second-order valence-corrected chi connectivity index (χ2v) is 8.81. The Hall–Kier alpha value is -1.66. The summed E-state index contributed by atoms with van der Waals surface area (Å²) in [6.45, 7) is 8.75. The predicted octanol–water partition coefficient (Wildman–Crippen LogP) is 4.24. The summed E-state index contributed by atoms with van der Waals surface area (Å²) in [5.41, 5.74) is 2.24. The zero-order chi connectivity index (χ0) is 18.8. The maximum Gasteiger partial charge on any atom is 0.237 e. The highest BCUT2D eigenvalue weighted by atomic mass is 32.1. The van der Waals surface area contributed by atoms with Crippen molar-refractivity contribution in [3.63, 3.8) is 0 Å². The first-order valence-corrected chi connectivity index (χ1v) is 11.0. The molecular formula is C21H29N3O2S. The van der Waals surface area contributed by atoms with Crippen molar-refractivity contribution in [2.45, 2.75) is 52.5 Å². The van der Waals surface area contributed by atoms with Gasteiger partial charge in [-0.3, -0.25) is 9.69 Å². The van der Waals surface area contributed by atoms with Crippen LogP contribution in [0.5, 0.6) is 0 Å². The van der Waals surface area contributed by atoms with Crippen LogP contribution in [-0.4, -0.2) is 46.9 Å². The van der Waals surface area contributed by atoms with Crippen LogP contribution in [0.3, 0.4) is 0 Å². The highest BCUT2D eigenvalue weighted by Gasteiger charge is 2.29. The summed E-state index contributed by atoms with van der Waals surface area (Å²) in [7, 11) is 0. The van der Waals surface area contributed by atoms with Crippen LogP contribution in [0.1, 0.15) is 49.1 Å². The average Bonchev–Trinajstić information content (AvgIpc) is 3.28. The summed E-state index contributed by atoms with van der Waals surface area (Å²) < 4.78 is 5.93. The van der Waals surface area contributed by atoms with E-state index in [1.54, 1.807) is 11.3 Å². The largest absolute Gasteiger partial charge is 0.440 e. The van der Waals surface area contributed by atoms with Gasteiger partial charge in [0.15, 0.2) is 0 Å². The SMILES string of the molecule is Cc1ccsc1-c1nc(CN2CCC(C(=O)N3CCCCC3)CC2)c(C)o1. The summed E-state index contributed by atoms with van der Waals surface area (Å²) in [5, 5.41) is 2.08. The van der Waals surface area contributed by atoms with Crippen LogP contribution in [0.25, 0.3) is 10.8 Å². The molecule has 2 aromatic heterocycles. The fraction of sp³-hybridized carbons (Fsp3) is 0.619. The van der Waals surface area contributed by atoms with E-state index in [-0.39, 0.29) is 5.92 Å². The molecule has 0 aromatic carbocycles. The molecule has 2 aromatic rings. The highest BCUT2D eigenvalue weighted by molar-refractivity contribution is 7.13. The molecule has 0 bridgehead atoms. The van der Waals surface area contributed by atoms with Crippen LogP contribution in [0, 0.1) is 19.8 Å². The first-order valence-electron chi connectivity index (χ1n) is 10.1. The molecule has 4 heterocycles. The van der Waals surface area contributed by atoms with Crippen molar-refractivity contribution in [1.82, 2.24) is 14.8 Å². The minimum atomic E-state index is 0.210. The third kappa shape index (κ3) is 4.11. The zero-order valence-electron chi connectivity index (χ0n) is 16.4. The molecule has 6 heteroatoms. The van der Waals surface area contributed by atoms with Crippen molar-refractivity contribution in [3.8, 4) is 10.8 Å². The summed E-state index contributed by atoms with van der Waals surface area (Å²) in [4.78, 5) is 23.1. The number of carbonyl (C=O) groups is 1. The smallest absolute Gasteiger partial charge is 0.237 e. The Morgan fingerprint density at radius 1 is 1.19 bits per heavy atom. The van der Waals surface area contributed by atoms with E-state index in [1.165, 1.54) is 24.8 Å². The quantitative estimate of drug-likeness (QED) is 0.787. The van der Waals surface area contributed by atoms with E-state index in [0.717, 1.165) is 67.8 Å². The number of piperidine rings is 2. The number of hydrogen-bond acceptors (Lipinski definition) is 5. The molecule has 0 spiro atoms. The number of amides is 1. The standard InChI is InChI=1S/C21H29N3O2S/c1-15-8-13-27-19(15)20-22-18(16(2)26-20)14-23-11-6-17(7-12-23)21(25)24-9-4-3-5-10-24/h8,13,17H,3-7,9-12,14H2,1-2H3. The number of oxazole rings is 1. The molecule has 0 atom stereocenters. The van der Waals surface area contributed by atoms with Crippen molar-refractivity contribution < 1.29 is 9.21 Å². The number of aryl methyl sites for hydroxylation is 2. The summed E-state index contributed by atoms with van der Waals surface area (Å²) in [5.74, 6) is 2.25. The Balaban J connectivity index is 1.33. The fourth-order valence-electron chi connectivity index (χ4n) is 4.19. The first kappa shape index (κ1) is 18.7. The number of likely N-dealkylation sites (tertiary alicyclic amines) is 2. The molecule has 2 saturated heterocycles. The summed E-state index contributed by atoms with van der Waals surface area (Å²) in [6.07, 6.45) is 5.53. The van der Waals surface area contributed by atoms with Gasteiger partial charge in [-0.05, 0) is 76.1 Å². The van der Waals surface area contributed by atoms with Crippen molar-refractivity contribution in [2.75, 3.05) is 26.2 Å². The molecule has 0 saturated carbocycles. The van der Waals surface area contributed by atoms with Gasteiger partial charge in [0.25, 0.3) is 0 Å². The molecule has 2 aliphatic rings. The third-order valence-corrected chi connectivity index (χ3v) is 6.93. The molecule has 4 rings (SSSR count). The van der Waals surface area contributed by atoms with Crippen LogP contribution < -0.4 is 0 Å². The van der Waals surface area contributed by atoms with E-state index < -0.39 is 0 Å². The molecule has 0 radical (unpaired) electrons. The lowest BCUT2D eigenvalue weighted by Gasteiger charge is -2.35. The molecule has 0 aliphatic carbocycles. The lowest BCUT2D eigenvalue weighted by atomic mass is 9.94. The summed E-state index contributed by atoms with van der Waals surface area (Å²) >= 11 is 1.68. The fourth-order valence-corrected chi connectivity index (χ4v) is 5.04. The van der Waals surface area contributed by atoms with Gasteiger partial charge in [-0.15, -0.1) is 11.3 Å². The topological polar surface area (TPSA) is 49.6 Å². The van der Waals surface area contributed by atoms with Crippen LogP contribution >= 0.6 is 11.3 Å². The summed E-state index contributed by atoms with van der Waals surface area (Å²) in [6, 6.07) is 2.10. The minimum Gasteiger partial charge on any atom is -0.440 e. The van der Waals surface area contributed by atoms with Crippen molar-refractivity contribution in [2.24, 2.45) is 5.92 Å². The molecule has 1 amide bonds. The number of thiophene rings is 1. The van der Waals surface area contributed by atoms with Crippen molar-refractivity contribution in [1.29, 1.82) is 0 Å². The van der Waals surface area contributed by atoms with Crippen LogP contribution in [-0.2, 0) is 11.3 Å². The molecule has 0 unspecified atom stereocenters. The Morgan fingerprint density at radius 2 is 1.93 bits per heavy atom. The van der Waals surface area contributed by atoms with E-state index in [1.807, 2.05) is 6.92 Å². The number of aromatic nitrogens is 1. The second-order valence-electron chi connectivity index (χ2n) is 7.89. The maximum atomic E-state index is 12.7. The Kier molecular flexibility index (Phi) is 5.64. The van der Waals surface area contributed by atoms with Gasteiger partial charge < -0.3 is 9.32 Å². The number of rotatable bonds is 4. The number of nitrogens with zero attached hydrogens (tertiary/aromatic N) is 3. The van der Waals surface area contributed by atoms with Crippen molar-refractivity contribution in [3.05, 3.63) is 28.5 Å². The normalized spacial score (nSPS) is 19.6. The monoisotopic (exact) mass is 387 g/mol. The molecule has 5 nitrogen and oxygen atoms in total. The molecule has 2 aliphatic heterocycles. The van der Waals surface area contributed by atoms with Gasteiger partial charge >= 0.3 is 0 Å². The average molecular weight is 388 g/mol. The molecular weight excluding hydrogens is 358 g/mol. The molecule has 146 valence electrons. The molecule has 2 fully saturated rings. The minimum absolute atomic E-state index is 0.210. The zero-order valence-corrected chi connectivity index (χ0v) is 17.2. The van der Waals surface area contributed by atoms with Gasteiger partial charge in [0.2, 0.25) is 11.8 Å². The first-order chi connectivity index (χ1) is 13.1. The number of hydrogen-bond donors (Lipinski definition) is 0. The van der Waals surface area contributed by atoms with E-state index >= 15 is 0 Å². The van der Waals surface area contributed by atoms with Gasteiger partial charge in [-0.1, -0.05) is 0 Å². The van der Waals surface area contributed by atoms with Gasteiger partial charge in [0.1, 0.15) is 5.76 Å². The lowest BCUT2D eigenvalue weighted by molar-refractivity contribution is -0.138. The van der Waals surface area contributed by atoms with E-state index in [9.17, 15) is 4.79 Å². The van der Waals surface area contributed by atoms with Gasteiger partial charge in [-0.2, -0.15) is 0 Å². The van der Waals surface area contributed by atoms with E-state index in [2.05, 4.69) is 28.2 Å². The predicted molar refractivity (Wildman–Crippen MR) is 108 cm³/mol. The van der Waals surface area contributed by atoms with Gasteiger partial charge in [-0.25, -0.2) is 4.98 Å². The maximum absolute atomic E-state index is 12.7. The molecule has 27 heavy (non-hydrogen) atoms. The Bertz CT molecular complexity index is 783. The van der Waals surface area contributed by atoms with Crippen LogP contribution in [0.15, 0.2) is 15.9 Å². The van der Waals surface area contributed by atoms with Crippen molar-refractivity contribution >= 4 is 17.2 Å². The number of carbonyl (C=O) groups excluding carboxylic acids is 1. The third-order valence-electron chi connectivity index (χ3n) is 5.93. The van der Waals surface area contributed by atoms with Crippen LogP contribution in [0.2, 0.25) is 0 Å². The highest BCUT2D eigenvalue weighted by Crippen LogP contribution is 2.30. The Labute approximate surface area is 165 Å². The second kappa shape index (κ2) is 8.15. The Morgan fingerprint density at radius 3 is 2.59 bits per heavy atom. The van der Waals surface area contributed by atoms with E-state index in [0.29, 0.717) is 5.91 Å². The van der Waals surface area contributed by atoms with E-state index in [4.69, 9.17) is 9.40 Å². The van der Waals surface area contributed by atoms with Gasteiger partial charge in [0, 0.05) is 25.6 Å². The lowest BCUT2D eigenvalue weighted by Crippen LogP contribution is -2.44. The van der Waals surface area contributed by atoms with Crippen LogP contribution in [0.4, 0.5) is 0 Å². The van der Waals surface area contributed by atoms with Gasteiger partial charge in [0.05, 0.1) is 10.6 Å². The molecule has 0 N–H and O–H groups in total.